The molecule has 1 atom stereocenters. The molecule has 2 heterocycles. The van der Waals surface area contributed by atoms with E-state index in [1.807, 2.05) is 36.8 Å². The molecule has 0 saturated carbocycles. The van der Waals surface area contributed by atoms with Gasteiger partial charge in [0.2, 0.25) is 0 Å². The van der Waals surface area contributed by atoms with Gasteiger partial charge in [-0.25, -0.2) is 4.98 Å². The monoisotopic (exact) mass is 298 g/mol. The number of hydrogen-bond donors (Lipinski definition) is 2. The molecule has 3 rings (SSSR count). The maximum atomic E-state index is 6.06. The maximum Gasteiger partial charge on any atom is 0.115 e. The zero-order chi connectivity index (χ0) is 14.8. The van der Waals surface area contributed by atoms with E-state index in [1.54, 1.807) is 11.3 Å². The molecular formula is C16H18N4S. The van der Waals surface area contributed by atoms with Gasteiger partial charge in [-0.05, 0) is 31.5 Å². The number of pyridine rings is 1. The first-order chi connectivity index (χ1) is 10.2. The van der Waals surface area contributed by atoms with Crippen LogP contribution in [0.1, 0.15) is 30.1 Å². The average molecular weight is 298 g/mol. The van der Waals surface area contributed by atoms with Gasteiger partial charge < -0.3 is 11.1 Å². The number of nitrogen functional groups attached to an aromatic ring is 1. The molecule has 1 unspecified atom stereocenters. The van der Waals surface area contributed by atoms with Crippen molar-refractivity contribution in [3.05, 3.63) is 46.7 Å². The van der Waals surface area contributed by atoms with E-state index in [1.165, 1.54) is 0 Å². The maximum absolute atomic E-state index is 6.06. The molecule has 108 valence electrons. The summed E-state index contributed by atoms with van der Waals surface area (Å²) in [5.41, 5.74) is 8.87. The van der Waals surface area contributed by atoms with Gasteiger partial charge in [0.05, 0.1) is 6.04 Å². The van der Waals surface area contributed by atoms with Crippen molar-refractivity contribution in [1.29, 1.82) is 0 Å². The zero-order valence-corrected chi connectivity index (χ0v) is 12.9. The number of rotatable bonds is 4. The van der Waals surface area contributed by atoms with E-state index >= 15 is 0 Å². The predicted octanol–water partition coefficient (Wildman–Crippen LogP) is 4.15. The Kier molecular flexibility index (Phi) is 3.75. The number of benzene rings is 1. The van der Waals surface area contributed by atoms with E-state index in [2.05, 4.69) is 28.3 Å². The van der Waals surface area contributed by atoms with Gasteiger partial charge in [-0.2, -0.15) is 0 Å². The minimum Gasteiger partial charge on any atom is -0.398 e. The first-order valence-electron chi connectivity index (χ1n) is 6.99. The van der Waals surface area contributed by atoms with Crippen LogP contribution in [0.4, 0.5) is 11.4 Å². The lowest BCUT2D eigenvalue weighted by Crippen LogP contribution is -2.10. The molecule has 0 radical (unpaired) electrons. The third-order valence-electron chi connectivity index (χ3n) is 3.56. The Morgan fingerprint density at radius 3 is 2.86 bits per heavy atom. The lowest BCUT2D eigenvalue weighted by molar-refractivity contribution is 0.743. The minimum absolute atomic E-state index is 0.213. The number of nitrogens with two attached hydrogens (primary N) is 1. The molecule has 0 bridgehead atoms. The molecule has 5 heteroatoms. The second kappa shape index (κ2) is 5.69. The Bertz CT molecular complexity index is 752. The molecule has 3 aromatic rings. The number of fused-ring (bicyclic) bond motifs is 1. The van der Waals surface area contributed by atoms with Crippen molar-refractivity contribution < 1.29 is 0 Å². The fraction of sp³-hybridized carbons (Fsp3) is 0.250. The van der Waals surface area contributed by atoms with Crippen LogP contribution < -0.4 is 11.1 Å². The van der Waals surface area contributed by atoms with Gasteiger partial charge in [0, 0.05) is 45.6 Å². The summed E-state index contributed by atoms with van der Waals surface area (Å²) in [6, 6.07) is 6.25. The van der Waals surface area contributed by atoms with Crippen molar-refractivity contribution in [3.63, 3.8) is 0 Å². The normalized spacial score (nSPS) is 12.5. The van der Waals surface area contributed by atoms with Gasteiger partial charge in [0.1, 0.15) is 5.01 Å². The van der Waals surface area contributed by atoms with Crippen LogP contribution in [0.2, 0.25) is 0 Å². The van der Waals surface area contributed by atoms with E-state index in [4.69, 9.17) is 5.73 Å². The summed E-state index contributed by atoms with van der Waals surface area (Å²) in [6.45, 7) is 4.15. The highest BCUT2D eigenvalue weighted by Crippen LogP contribution is 2.32. The van der Waals surface area contributed by atoms with Crippen molar-refractivity contribution in [2.45, 2.75) is 26.3 Å². The van der Waals surface area contributed by atoms with Crippen LogP contribution in [0.3, 0.4) is 0 Å². The second-order valence-electron chi connectivity index (χ2n) is 5.05. The van der Waals surface area contributed by atoms with Crippen LogP contribution >= 0.6 is 11.3 Å². The standard InChI is InChI=1S/C16H18N4S/c1-3-14(16-18-6-7-21-16)20-15-5-4-13(17)12-9-19-10(2)8-11(12)15/h4-9,14,20H,3,17H2,1-2H3. The first kappa shape index (κ1) is 13.8. The molecule has 4 nitrogen and oxygen atoms in total. The van der Waals surface area contributed by atoms with Gasteiger partial charge in [0.15, 0.2) is 0 Å². The Hall–Kier alpha value is -2.14. The molecule has 21 heavy (non-hydrogen) atoms. The Morgan fingerprint density at radius 2 is 2.14 bits per heavy atom. The fourth-order valence-electron chi connectivity index (χ4n) is 2.42. The lowest BCUT2D eigenvalue weighted by atomic mass is 10.1. The summed E-state index contributed by atoms with van der Waals surface area (Å²) in [5, 5.41) is 8.80. The molecule has 1 aromatic carbocycles. The molecule has 0 aliphatic heterocycles. The van der Waals surface area contributed by atoms with E-state index in [9.17, 15) is 0 Å². The number of aromatic nitrogens is 2. The molecule has 0 amide bonds. The highest BCUT2D eigenvalue weighted by atomic mass is 32.1. The van der Waals surface area contributed by atoms with E-state index in [0.717, 1.165) is 39.3 Å². The third kappa shape index (κ3) is 2.69. The Morgan fingerprint density at radius 1 is 1.29 bits per heavy atom. The summed E-state index contributed by atoms with van der Waals surface area (Å²) in [5.74, 6) is 0. The van der Waals surface area contributed by atoms with Crippen molar-refractivity contribution in [1.82, 2.24) is 9.97 Å². The number of anilines is 2. The van der Waals surface area contributed by atoms with Crippen LogP contribution in [0.5, 0.6) is 0 Å². The largest absolute Gasteiger partial charge is 0.398 e. The van der Waals surface area contributed by atoms with Crippen molar-refractivity contribution in [2.24, 2.45) is 0 Å². The highest BCUT2D eigenvalue weighted by molar-refractivity contribution is 7.09. The number of nitrogens with one attached hydrogen (secondary N) is 1. The van der Waals surface area contributed by atoms with Crippen LogP contribution in [-0.4, -0.2) is 9.97 Å². The molecule has 0 saturated heterocycles. The van der Waals surface area contributed by atoms with Gasteiger partial charge >= 0.3 is 0 Å². The van der Waals surface area contributed by atoms with Gasteiger partial charge in [-0.3, -0.25) is 4.98 Å². The molecule has 3 N–H and O–H groups in total. The van der Waals surface area contributed by atoms with Crippen LogP contribution in [0.25, 0.3) is 10.8 Å². The first-order valence-corrected chi connectivity index (χ1v) is 7.87. The molecule has 0 aliphatic rings. The smallest absolute Gasteiger partial charge is 0.115 e. The Labute approximate surface area is 128 Å². The molecule has 0 spiro atoms. The van der Waals surface area contributed by atoms with Crippen molar-refractivity contribution >= 4 is 33.5 Å². The van der Waals surface area contributed by atoms with Crippen molar-refractivity contribution in [2.75, 3.05) is 11.1 Å². The van der Waals surface area contributed by atoms with Crippen molar-refractivity contribution in [3.8, 4) is 0 Å². The Balaban J connectivity index is 2.04. The quantitative estimate of drug-likeness (QED) is 0.710. The molecule has 2 aromatic heterocycles. The van der Waals surface area contributed by atoms with Gasteiger partial charge in [0.25, 0.3) is 0 Å². The van der Waals surface area contributed by atoms with Crippen LogP contribution in [0, 0.1) is 6.92 Å². The predicted molar refractivity (Wildman–Crippen MR) is 89.7 cm³/mol. The number of aryl methyl sites for hydroxylation is 1. The minimum atomic E-state index is 0.213. The molecule has 0 aliphatic carbocycles. The average Bonchev–Trinajstić information content (AvgIpc) is 3.01. The summed E-state index contributed by atoms with van der Waals surface area (Å²) in [6.07, 6.45) is 4.67. The van der Waals surface area contributed by atoms with Crippen LogP contribution in [0.15, 0.2) is 36.0 Å². The highest BCUT2D eigenvalue weighted by Gasteiger charge is 2.14. The summed E-state index contributed by atoms with van der Waals surface area (Å²) in [7, 11) is 0. The van der Waals surface area contributed by atoms with Gasteiger partial charge in [-0.1, -0.05) is 6.92 Å². The topological polar surface area (TPSA) is 63.8 Å². The summed E-state index contributed by atoms with van der Waals surface area (Å²) < 4.78 is 0. The number of thiazole rings is 1. The van der Waals surface area contributed by atoms with Crippen LogP contribution in [-0.2, 0) is 0 Å². The number of nitrogens with zero attached hydrogens (tertiary/aromatic N) is 2. The second-order valence-corrected chi connectivity index (χ2v) is 5.98. The fourth-order valence-corrected chi connectivity index (χ4v) is 3.20. The van der Waals surface area contributed by atoms with Gasteiger partial charge in [-0.15, -0.1) is 11.3 Å². The van der Waals surface area contributed by atoms with E-state index in [-0.39, 0.29) is 6.04 Å². The van der Waals surface area contributed by atoms with E-state index < -0.39 is 0 Å². The summed E-state index contributed by atoms with van der Waals surface area (Å²) >= 11 is 1.68. The summed E-state index contributed by atoms with van der Waals surface area (Å²) in [4.78, 5) is 8.76. The lowest BCUT2D eigenvalue weighted by Gasteiger charge is -2.18. The zero-order valence-electron chi connectivity index (χ0n) is 12.1. The molecular weight excluding hydrogens is 280 g/mol. The SMILES string of the molecule is CCC(Nc1ccc(N)c2cnc(C)cc12)c1nccs1. The molecule has 0 fully saturated rings. The number of hydrogen-bond acceptors (Lipinski definition) is 5. The third-order valence-corrected chi connectivity index (χ3v) is 4.45. The van der Waals surface area contributed by atoms with E-state index in [0.29, 0.717) is 0 Å².